The van der Waals surface area contributed by atoms with Gasteiger partial charge >= 0.3 is 5.97 Å². The quantitative estimate of drug-likeness (QED) is 0.274. The van der Waals surface area contributed by atoms with Crippen LogP contribution in [0, 0.1) is 0 Å². The monoisotopic (exact) mass is 491 g/mol. The minimum Gasteiger partial charge on any atom is -0.480 e. The van der Waals surface area contributed by atoms with E-state index in [4.69, 9.17) is 0 Å². The third-order valence-corrected chi connectivity index (χ3v) is 6.49. The zero-order valence-corrected chi connectivity index (χ0v) is 19.8. The van der Waals surface area contributed by atoms with E-state index in [-0.39, 0.29) is 23.9 Å². The molecule has 0 aliphatic carbocycles. The van der Waals surface area contributed by atoms with Crippen LogP contribution in [-0.4, -0.2) is 50.4 Å². The summed E-state index contributed by atoms with van der Waals surface area (Å²) < 4.78 is 0.852. The molecule has 4 rings (SSSR count). The van der Waals surface area contributed by atoms with Gasteiger partial charge in [0, 0.05) is 30.2 Å². The highest BCUT2D eigenvalue weighted by Gasteiger charge is 2.22. The molecule has 0 saturated carbocycles. The number of unbranched alkanes of at least 4 members (excludes halogenated alkanes) is 1. The van der Waals surface area contributed by atoms with Crippen molar-refractivity contribution in [3.8, 4) is 0 Å². The number of pyridine rings is 2. The predicted molar refractivity (Wildman–Crippen MR) is 133 cm³/mol. The van der Waals surface area contributed by atoms with E-state index in [1.54, 1.807) is 12.3 Å². The lowest BCUT2D eigenvalue weighted by atomic mass is 10.1. The molecule has 0 aliphatic rings. The Morgan fingerprint density at radius 3 is 2.69 bits per heavy atom. The number of nitrogens with one attached hydrogen (secondary N) is 2. The first-order valence-corrected chi connectivity index (χ1v) is 12.2. The number of carbonyl (C=O) groups excluding carboxylic acids is 2. The van der Waals surface area contributed by atoms with E-state index in [0.717, 1.165) is 28.6 Å². The van der Waals surface area contributed by atoms with Crippen molar-refractivity contribution in [2.75, 3.05) is 6.54 Å². The summed E-state index contributed by atoms with van der Waals surface area (Å²) in [6.07, 6.45) is 4.36. The Morgan fingerprint density at radius 1 is 1.00 bits per heavy atom. The molecule has 3 aromatic heterocycles. The number of carbonyl (C=O) groups is 3. The second-order valence-electron chi connectivity index (χ2n) is 8.05. The number of fused-ring (bicyclic) bond motifs is 2. The number of benzene rings is 1. The van der Waals surface area contributed by atoms with Crippen LogP contribution in [0.2, 0.25) is 0 Å². The molecule has 3 heterocycles. The molecule has 4 aromatic rings. The van der Waals surface area contributed by atoms with E-state index in [1.807, 2.05) is 42.5 Å². The molecular weight excluding hydrogens is 466 g/mol. The summed E-state index contributed by atoms with van der Waals surface area (Å²) in [7, 11) is 0. The number of para-hydroxylation sites is 1. The average Bonchev–Trinajstić information content (AvgIpc) is 3.30. The van der Waals surface area contributed by atoms with Crippen LogP contribution in [0.5, 0.6) is 0 Å². The van der Waals surface area contributed by atoms with Gasteiger partial charge in [0.05, 0.1) is 10.2 Å². The van der Waals surface area contributed by atoms with Crippen LogP contribution in [0.1, 0.15) is 41.2 Å². The zero-order valence-electron chi connectivity index (χ0n) is 18.9. The molecule has 1 aromatic carbocycles. The first-order valence-electron chi connectivity index (χ1n) is 11.4. The number of rotatable bonds is 11. The molecule has 35 heavy (non-hydrogen) atoms. The van der Waals surface area contributed by atoms with Crippen LogP contribution in [0.4, 0.5) is 0 Å². The van der Waals surface area contributed by atoms with Gasteiger partial charge in [-0.15, -0.1) is 11.3 Å². The SMILES string of the molecule is O=C(CCCCc1ccc2cccnc2n1)NCC[C@H](NC(=O)c1nc2ccccc2s1)C(=O)O. The largest absolute Gasteiger partial charge is 0.480 e. The van der Waals surface area contributed by atoms with Gasteiger partial charge in [-0.3, -0.25) is 9.59 Å². The van der Waals surface area contributed by atoms with Crippen molar-refractivity contribution in [1.29, 1.82) is 0 Å². The normalized spacial score (nSPS) is 11.9. The lowest BCUT2D eigenvalue weighted by molar-refractivity contribution is -0.139. The molecule has 180 valence electrons. The van der Waals surface area contributed by atoms with Crippen molar-refractivity contribution in [2.45, 2.75) is 38.1 Å². The van der Waals surface area contributed by atoms with Crippen molar-refractivity contribution >= 4 is 50.4 Å². The van der Waals surface area contributed by atoms with Crippen molar-refractivity contribution < 1.29 is 19.5 Å². The molecule has 1 atom stereocenters. The third-order valence-electron chi connectivity index (χ3n) is 5.46. The molecule has 10 heteroatoms. The first-order chi connectivity index (χ1) is 17.0. The zero-order chi connectivity index (χ0) is 24.6. The van der Waals surface area contributed by atoms with Crippen LogP contribution < -0.4 is 10.6 Å². The summed E-state index contributed by atoms with van der Waals surface area (Å²) >= 11 is 1.20. The second kappa shape index (κ2) is 11.5. The highest BCUT2D eigenvalue weighted by molar-refractivity contribution is 7.20. The van der Waals surface area contributed by atoms with Gasteiger partial charge in [-0.25, -0.2) is 19.7 Å². The fourth-order valence-electron chi connectivity index (χ4n) is 3.61. The number of thiazole rings is 1. The second-order valence-corrected chi connectivity index (χ2v) is 9.08. The van der Waals surface area contributed by atoms with E-state index >= 15 is 0 Å². The summed E-state index contributed by atoms with van der Waals surface area (Å²) in [5, 5.41) is 15.9. The van der Waals surface area contributed by atoms with Crippen molar-refractivity contribution in [1.82, 2.24) is 25.6 Å². The molecule has 3 N–H and O–H groups in total. The Labute approximate surface area is 205 Å². The fourth-order valence-corrected chi connectivity index (χ4v) is 4.48. The molecule has 9 nitrogen and oxygen atoms in total. The highest BCUT2D eigenvalue weighted by Crippen LogP contribution is 2.21. The van der Waals surface area contributed by atoms with Gasteiger partial charge in [-0.05, 0) is 62.1 Å². The van der Waals surface area contributed by atoms with Crippen LogP contribution in [0.3, 0.4) is 0 Å². The van der Waals surface area contributed by atoms with Crippen molar-refractivity contribution in [3.63, 3.8) is 0 Å². The summed E-state index contributed by atoms with van der Waals surface area (Å²) in [6.45, 7) is 0.147. The lowest BCUT2D eigenvalue weighted by Gasteiger charge is -2.14. The van der Waals surface area contributed by atoms with Gasteiger partial charge in [0.2, 0.25) is 5.91 Å². The third kappa shape index (κ3) is 6.57. The summed E-state index contributed by atoms with van der Waals surface area (Å²) in [6, 6.07) is 14.0. The Balaban J connectivity index is 1.17. The van der Waals surface area contributed by atoms with Gasteiger partial charge in [-0.2, -0.15) is 0 Å². The van der Waals surface area contributed by atoms with Crippen LogP contribution in [0.25, 0.3) is 21.3 Å². The van der Waals surface area contributed by atoms with Gasteiger partial charge in [0.15, 0.2) is 10.7 Å². The maximum Gasteiger partial charge on any atom is 0.326 e. The first kappa shape index (κ1) is 24.2. The summed E-state index contributed by atoms with van der Waals surface area (Å²) in [4.78, 5) is 49.2. The minimum atomic E-state index is -1.16. The number of aromatic nitrogens is 3. The van der Waals surface area contributed by atoms with Crippen LogP contribution >= 0.6 is 11.3 Å². The number of aryl methyl sites for hydroxylation is 1. The Bertz CT molecular complexity index is 1320. The van der Waals surface area contributed by atoms with Crippen LogP contribution in [-0.2, 0) is 16.0 Å². The molecule has 2 amide bonds. The van der Waals surface area contributed by atoms with E-state index in [1.165, 1.54) is 11.3 Å². The molecule has 0 fully saturated rings. The highest BCUT2D eigenvalue weighted by atomic mass is 32.1. The minimum absolute atomic E-state index is 0.0751. The average molecular weight is 492 g/mol. The smallest absolute Gasteiger partial charge is 0.326 e. The lowest BCUT2D eigenvalue weighted by Crippen LogP contribution is -2.43. The molecule has 0 saturated heterocycles. The maximum absolute atomic E-state index is 12.5. The molecule has 0 aliphatic heterocycles. The van der Waals surface area contributed by atoms with E-state index < -0.39 is 17.9 Å². The predicted octanol–water partition coefficient (Wildman–Crippen LogP) is 3.34. The number of amides is 2. The van der Waals surface area contributed by atoms with Gasteiger partial charge < -0.3 is 15.7 Å². The summed E-state index contributed by atoms with van der Waals surface area (Å²) in [5.74, 6) is -1.85. The van der Waals surface area contributed by atoms with E-state index in [2.05, 4.69) is 25.6 Å². The van der Waals surface area contributed by atoms with Gasteiger partial charge in [-0.1, -0.05) is 12.1 Å². The number of carboxylic acids is 1. The standard InChI is InChI=1S/C25H25N5O4S/c31-21(10-4-1-7-17-12-11-16-6-5-14-27-22(16)28-17)26-15-13-19(25(33)34)29-23(32)24-30-18-8-2-3-9-20(18)35-24/h2-3,5-6,8-9,11-12,14,19H,1,4,7,10,13,15H2,(H,26,31)(H,29,32)(H,33,34)/t19-/m0/s1. The summed E-state index contributed by atoms with van der Waals surface area (Å²) in [5.41, 5.74) is 2.34. The van der Waals surface area contributed by atoms with Crippen LogP contribution in [0.15, 0.2) is 54.7 Å². The molecule has 0 unspecified atom stereocenters. The maximum atomic E-state index is 12.5. The van der Waals surface area contributed by atoms with E-state index in [9.17, 15) is 19.5 Å². The van der Waals surface area contributed by atoms with Crippen molar-refractivity contribution in [3.05, 3.63) is 65.4 Å². The molecule has 0 radical (unpaired) electrons. The van der Waals surface area contributed by atoms with E-state index in [0.29, 0.717) is 24.0 Å². The molecule has 0 bridgehead atoms. The molecular formula is C25H25N5O4S. The molecule has 0 spiro atoms. The number of hydrogen-bond acceptors (Lipinski definition) is 7. The van der Waals surface area contributed by atoms with Gasteiger partial charge in [0.25, 0.3) is 5.91 Å². The number of aliphatic carboxylic acids is 1. The fraction of sp³-hybridized carbons (Fsp3) is 0.280. The topological polar surface area (TPSA) is 134 Å². The number of carboxylic acid groups (broad SMARTS) is 1. The Kier molecular flexibility index (Phi) is 7.94. The number of nitrogens with zero attached hydrogens (tertiary/aromatic N) is 3. The Morgan fingerprint density at radius 2 is 1.86 bits per heavy atom. The van der Waals surface area contributed by atoms with Gasteiger partial charge in [0.1, 0.15) is 6.04 Å². The Hall–Kier alpha value is -3.92. The van der Waals surface area contributed by atoms with Crippen molar-refractivity contribution in [2.24, 2.45) is 0 Å². The number of hydrogen-bond donors (Lipinski definition) is 3.